The van der Waals surface area contributed by atoms with Crippen LogP contribution in [0.5, 0.6) is 0 Å². The monoisotopic (exact) mass is 262 g/mol. The topological polar surface area (TPSA) is 50.4 Å². The van der Waals surface area contributed by atoms with E-state index >= 15 is 0 Å². The predicted molar refractivity (Wildman–Crippen MR) is 76.0 cm³/mol. The number of methoxy groups -OCH3 is 1. The molecule has 0 aliphatic carbocycles. The molecule has 2 N–H and O–H groups in total. The molecule has 2 unspecified atom stereocenters. The van der Waals surface area contributed by atoms with Gasteiger partial charge in [-0.3, -0.25) is 4.79 Å². The van der Waals surface area contributed by atoms with Crippen LogP contribution in [0.3, 0.4) is 0 Å². The molecule has 1 saturated heterocycles. The Morgan fingerprint density at radius 1 is 1.53 bits per heavy atom. The molecule has 4 nitrogen and oxygen atoms in total. The molecule has 1 aliphatic heterocycles. The molecular weight excluding hydrogens is 240 g/mol. The van der Waals surface area contributed by atoms with Crippen LogP contribution in [-0.4, -0.2) is 25.6 Å². The van der Waals surface area contributed by atoms with Crippen molar-refractivity contribution >= 4 is 11.6 Å². The number of carbonyl (C=O) groups is 1. The molecule has 0 bridgehead atoms. The maximum atomic E-state index is 12.2. The molecule has 1 aromatic carbocycles. The molecule has 1 amide bonds. The average molecular weight is 262 g/mol. The minimum absolute atomic E-state index is 0.113. The van der Waals surface area contributed by atoms with E-state index in [9.17, 15) is 4.79 Å². The summed E-state index contributed by atoms with van der Waals surface area (Å²) < 4.78 is 5.10. The van der Waals surface area contributed by atoms with Crippen LogP contribution in [-0.2, 0) is 16.1 Å². The number of ether oxygens (including phenoxy) is 1. The minimum Gasteiger partial charge on any atom is -0.380 e. The van der Waals surface area contributed by atoms with Gasteiger partial charge in [-0.2, -0.15) is 0 Å². The molecule has 1 heterocycles. The van der Waals surface area contributed by atoms with Crippen LogP contribution in [0.4, 0.5) is 5.69 Å². The summed E-state index contributed by atoms with van der Waals surface area (Å²) in [6.45, 7) is 3.61. The van der Waals surface area contributed by atoms with Gasteiger partial charge in [0.2, 0.25) is 5.91 Å². The van der Waals surface area contributed by atoms with E-state index in [2.05, 4.69) is 17.6 Å². The first kappa shape index (κ1) is 14.0. The third kappa shape index (κ3) is 4.04. The molecule has 1 fully saturated rings. The Balaban J connectivity index is 1.96. The summed E-state index contributed by atoms with van der Waals surface area (Å²) >= 11 is 0. The summed E-state index contributed by atoms with van der Waals surface area (Å²) in [6.07, 6.45) is 1.82. The fraction of sp³-hybridized carbons (Fsp3) is 0.533. The van der Waals surface area contributed by atoms with Crippen LogP contribution in [0.2, 0.25) is 0 Å². The number of piperidine rings is 1. The highest BCUT2D eigenvalue weighted by molar-refractivity contribution is 5.92. The van der Waals surface area contributed by atoms with Gasteiger partial charge in [0.25, 0.3) is 0 Å². The van der Waals surface area contributed by atoms with Crippen molar-refractivity contribution in [2.45, 2.75) is 32.4 Å². The third-order valence-corrected chi connectivity index (χ3v) is 3.50. The van der Waals surface area contributed by atoms with Crippen molar-refractivity contribution in [3.8, 4) is 0 Å². The van der Waals surface area contributed by atoms with Gasteiger partial charge in [0.1, 0.15) is 0 Å². The predicted octanol–water partition coefficient (Wildman–Crippen LogP) is 2.16. The minimum atomic E-state index is 0.113. The Morgan fingerprint density at radius 3 is 3.11 bits per heavy atom. The van der Waals surface area contributed by atoms with Crippen LogP contribution in [0.15, 0.2) is 24.3 Å². The molecule has 1 aromatic rings. The molecule has 0 aromatic heterocycles. The number of amides is 1. The summed E-state index contributed by atoms with van der Waals surface area (Å²) in [5.74, 6) is 0.241. The maximum absolute atomic E-state index is 12.2. The number of benzene rings is 1. The zero-order valence-electron chi connectivity index (χ0n) is 11.6. The van der Waals surface area contributed by atoms with Crippen molar-refractivity contribution in [3.05, 3.63) is 29.8 Å². The lowest BCUT2D eigenvalue weighted by Gasteiger charge is -2.27. The molecule has 104 valence electrons. The maximum Gasteiger partial charge on any atom is 0.227 e. The number of nitrogens with one attached hydrogen (secondary N) is 2. The van der Waals surface area contributed by atoms with Gasteiger partial charge in [-0.25, -0.2) is 0 Å². The van der Waals surface area contributed by atoms with E-state index in [0.29, 0.717) is 12.6 Å². The molecule has 0 radical (unpaired) electrons. The van der Waals surface area contributed by atoms with Gasteiger partial charge < -0.3 is 15.4 Å². The van der Waals surface area contributed by atoms with E-state index in [-0.39, 0.29) is 11.8 Å². The van der Waals surface area contributed by atoms with Gasteiger partial charge in [-0.15, -0.1) is 0 Å². The first-order valence-corrected chi connectivity index (χ1v) is 6.81. The lowest BCUT2D eigenvalue weighted by Crippen LogP contribution is -2.40. The van der Waals surface area contributed by atoms with Gasteiger partial charge in [0.15, 0.2) is 0 Å². The summed E-state index contributed by atoms with van der Waals surface area (Å²) in [6, 6.07) is 8.23. The normalized spacial score (nSPS) is 23.1. The second-order valence-electron chi connectivity index (χ2n) is 5.20. The van der Waals surface area contributed by atoms with Crippen molar-refractivity contribution in [1.29, 1.82) is 0 Å². The Labute approximate surface area is 114 Å². The molecule has 1 aliphatic rings. The standard InChI is InChI=1S/C15H22N2O2/c1-11-8-13(6-7-16-11)15(18)17-14-5-3-4-12(9-14)10-19-2/h3-5,9,11,13,16H,6-8,10H2,1-2H3,(H,17,18). The molecular formula is C15H22N2O2. The fourth-order valence-electron chi connectivity index (χ4n) is 2.52. The van der Waals surface area contributed by atoms with Crippen LogP contribution in [0.25, 0.3) is 0 Å². The molecule has 0 saturated carbocycles. The highest BCUT2D eigenvalue weighted by Gasteiger charge is 2.24. The SMILES string of the molecule is COCc1cccc(NC(=O)C2CCNC(C)C2)c1. The highest BCUT2D eigenvalue weighted by atomic mass is 16.5. The van der Waals surface area contributed by atoms with E-state index in [1.165, 1.54) is 0 Å². The summed E-state index contributed by atoms with van der Waals surface area (Å²) in [7, 11) is 1.67. The Morgan fingerprint density at radius 2 is 2.37 bits per heavy atom. The molecule has 19 heavy (non-hydrogen) atoms. The quantitative estimate of drug-likeness (QED) is 0.874. The Bertz CT molecular complexity index is 434. The highest BCUT2D eigenvalue weighted by Crippen LogP contribution is 2.19. The van der Waals surface area contributed by atoms with Crippen molar-refractivity contribution < 1.29 is 9.53 Å². The smallest absolute Gasteiger partial charge is 0.227 e. The molecule has 4 heteroatoms. The number of hydrogen-bond acceptors (Lipinski definition) is 3. The zero-order chi connectivity index (χ0) is 13.7. The number of carbonyl (C=O) groups excluding carboxylic acids is 1. The summed E-state index contributed by atoms with van der Waals surface area (Å²) in [5.41, 5.74) is 1.92. The van der Waals surface area contributed by atoms with Crippen LogP contribution in [0.1, 0.15) is 25.3 Å². The Kier molecular flexibility index (Phi) is 4.93. The van der Waals surface area contributed by atoms with E-state index in [1.807, 2.05) is 24.3 Å². The summed E-state index contributed by atoms with van der Waals surface area (Å²) in [5, 5.41) is 6.37. The van der Waals surface area contributed by atoms with Crippen molar-refractivity contribution in [3.63, 3.8) is 0 Å². The summed E-state index contributed by atoms with van der Waals surface area (Å²) in [4.78, 5) is 12.2. The first-order chi connectivity index (χ1) is 9.19. The van der Waals surface area contributed by atoms with Gasteiger partial charge in [0, 0.05) is 24.8 Å². The van der Waals surface area contributed by atoms with E-state index in [4.69, 9.17) is 4.74 Å². The van der Waals surface area contributed by atoms with E-state index < -0.39 is 0 Å². The molecule has 2 rings (SSSR count). The lowest BCUT2D eigenvalue weighted by atomic mass is 9.92. The average Bonchev–Trinajstić information content (AvgIpc) is 2.39. The fourth-order valence-corrected chi connectivity index (χ4v) is 2.52. The van der Waals surface area contributed by atoms with Crippen molar-refractivity contribution in [2.24, 2.45) is 5.92 Å². The molecule has 0 spiro atoms. The second-order valence-corrected chi connectivity index (χ2v) is 5.20. The van der Waals surface area contributed by atoms with E-state index in [0.717, 1.165) is 30.6 Å². The first-order valence-electron chi connectivity index (χ1n) is 6.81. The largest absolute Gasteiger partial charge is 0.380 e. The van der Waals surface area contributed by atoms with Crippen LogP contribution >= 0.6 is 0 Å². The lowest BCUT2D eigenvalue weighted by molar-refractivity contribution is -0.120. The zero-order valence-corrected chi connectivity index (χ0v) is 11.6. The Hall–Kier alpha value is -1.39. The van der Waals surface area contributed by atoms with Gasteiger partial charge in [0.05, 0.1) is 6.61 Å². The van der Waals surface area contributed by atoms with Crippen molar-refractivity contribution in [1.82, 2.24) is 5.32 Å². The third-order valence-electron chi connectivity index (χ3n) is 3.50. The second kappa shape index (κ2) is 6.68. The van der Waals surface area contributed by atoms with Gasteiger partial charge >= 0.3 is 0 Å². The molecule has 2 atom stereocenters. The van der Waals surface area contributed by atoms with Gasteiger partial charge in [-0.1, -0.05) is 12.1 Å². The van der Waals surface area contributed by atoms with Crippen LogP contribution < -0.4 is 10.6 Å². The van der Waals surface area contributed by atoms with Crippen LogP contribution in [0, 0.1) is 5.92 Å². The van der Waals surface area contributed by atoms with Crippen molar-refractivity contribution in [2.75, 3.05) is 19.0 Å². The van der Waals surface area contributed by atoms with Gasteiger partial charge in [-0.05, 0) is 44.0 Å². The number of hydrogen-bond donors (Lipinski definition) is 2. The number of anilines is 1. The number of rotatable bonds is 4. The van der Waals surface area contributed by atoms with E-state index in [1.54, 1.807) is 7.11 Å².